The highest BCUT2D eigenvalue weighted by Gasteiger charge is 2.47. The summed E-state index contributed by atoms with van der Waals surface area (Å²) < 4.78 is 11.4. The van der Waals surface area contributed by atoms with E-state index in [1.54, 1.807) is 20.3 Å². The molecule has 0 atom stereocenters. The number of hydrogen-bond acceptors (Lipinski definition) is 4. The van der Waals surface area contributed by atoms with Crippen LogP contribution in [0.25, 0.3) is 0 Å². The molecule has 0 radical (unpaired) electrons. The Bertz CT molecular complexity index is 491. The van der Waals surface area contributed by atoms with Crippen LogP contribution >= 0.6 is 15.9 Å². The Hall–Kier alpha value is -1.32. The monoisotopic (exact) mass is 297 g/mol. The number of carbonyl (C=O) groups excluding carboxylic acids is 1. The summed E-state index contributed by atoms with van der Waals surface area (Å²) in [5.74, 6) is 1.40. The van der Waals surface area contributed by atoms with Gasteiger partial charge in [0.25, 0.3) is 0 Å². The van der Waals surface area contributed by atoms with Crippen molar-refractivity contribution in [3.05, 3.63) is 22.2 Å². The van der Waals surface area contributed by atoms with Crippen molar-refractivity contribution in [2.45, 2.75) is 18.4 Å². The smallest absolute Gasteiger partial charge is 0.235 e. The summed E-state index contributed by atoms with van der Waals surface area (Å²) in [6, 6.07) is 3.68. The van der Waals surface area contributed by atoms with Crippen LogP contribution in [0.1, 0.15) is 18.4 Å². The molecule has 0 spiro atoms. The van der Waals surface area contributed by atoms with E-state index < -0.39 is 5.54 Å². The lowest BCUT2D eigenvalue weighted by Crippen LogP contribution is -2.06. The molecule has 0 unspecified atom stereocenters. The van der Waals surface area contributed by atoms with Gasteiger partial charge in [-0.25, -0.2) is 4.79 Å². The summed E-state index contributed by atoms with van der Waals surface area (Å²) in [7, 11) is 3.19. The zero-order valence-electron chi connectivity index (χ0n) is 9.62. The van der Waals surface area contributed by atoms with Crippen LogP contribution in [-0.4, -0.2) is 20.3 Å². The molecule has 2 rings (SSSR count). The van der Waals surface area contributed by atoms with Crippen LogP contribution in [0, 0.1) is 0 Å². The average Bonchev–Trinajstić information content (AvgIpc) is 3.09. The average molecular weight is 298 g/mol. The summed E-state index contributed by atoms with van der Waals surface area (Å²) >= 11 is 3.43. The van der Waals surface area contributed by atoms with Crippen molar-refractivity contribution >= 4 is 22.0 Å². The molecule has 0 saturated heterocycles. The molecule has 0 aliphatic heterocycles. The minimum Gasteiger partial charge on any atom is -0.497 e. The minimum absolute atomic E-state index is 0.468. The van der Waals surface area contributed by atoms with Crippen LogP contribution in [0.5, 0.6) is 11.5 Å². The lowest BCUT2D eigenvalue weighted by atomic mass is 10.0. The highest BCUT2D eigenvalue weighted by Crippen LogP contribution is 2.54. The molecule has 1 aromatic rings. The van der Waals surface area contributed by atoms with E-state index in [-0.39, 0.29) is 0 Å². The standard InChI is InChI=1S/C12H12BrNO3/c1-16-8-5-9(11(17-2)10(13)6-8)12(3-4-12)14-7-15/h5-6H,3-4H2,1-2H3. The van der Waals surface area contributed by atoms with E-state index in [9.17, 15) is 4.79 Å². The first-order chi connectivity index (χ1) is 8.16. The molecule has 0 N–H and O–H groups in total. The molecule has 0 heterocycles. The fourth-order valence-electron chi connectivity index (χ4n) is 1.89. The highest BCUT2D eigenvalue weighted by molar-refractivity contribution is 9.10. The first kappa shape index (κ1) is 12.1. The van der Waals surface area contributed by atoms with E-state index in [2.05, 4.69) is 20.9 Å². The molecule has 1 aliphatic rings. The maximum Gasteiger partial charge on any atom is 0.235 e. The van der Waals surface area contributed by atoms with Crippen LogP contribution in [0.4, 0.5) is 0 Å². The van der Waals surface area contributed by atoms with Gasteiger partial charge >= 0.3 is 0 Å². The van der Waals surface area contributed by atoms with Crippen molar-refractivity contribution in [2.24, 2.45) is 4.99 Å². The topological polar surface area (TPSA) is 47.9 Å². The van der Waals surface area contributed by atoms with Gasteiger partial charge in [-0.3, -0.25) is 0 Å². The maximum atomic E-state index is 10.5. The van der Waals surface area contributed by atoms with E-state index in [0.717, 1.165) is 22.9 Å². The van der Waals surface area contributed by atoms with E-state index >= 15 is 0 Å². The lowest BCUT2D eigenvalue weighted by Gasteiger charge is -2.16. The Morgan fingerprint density at radius 2 is 2.06 bits per heavy atom. The van der Waals surface area contributed by atoms with Crippen molar-refractivity contribution in [1.29, 1.82) is 0 Å². The number of halogens is 1. The largest absolute Gasteiger partial charge is 0.497 e. The van der Waals surface area contributed by atoms with Gasteiger partial charge < -0.3 is 9.47 Å². The third kappa shape index (κ3) is 2.08. The second-order valence-corrected chi connectivity index (χ2v) is 4.78. The fraction of sp³-hybridized carbons (Fsp3) is 0.417. The molecule has 1 fully saturated rings. The molecule has 1 saturated carbocycles. The number of nitrogens with zero attached hydrogens (tertiary/aromatic N) is 1. The summed E-state index contributed by atoms with van der Waals surface area (Å²) in [4.78, 5) is 14.4. The minimum atomic E-state index is -0.468. The third-order valence-electron chi connectivity index (χ3n) is 2.94. The second-order valence-electron chi connectivity index (χ2n) is 3.92. The van der Waals surface area contributed by atoms with Crippen molar-refractivity contribution in [3.8, 4) is 11.5 Å². The molecule has 1 aromatic carbocycles. The van der Waals surface area contributed by atoms with Gasteiger partial charge in [-0.1, -0.05) is 0 Å². The fourth-order valence-corrected chi connectivity index (χ4v) is 2.49. The quantitative estimate of drug-likeness (QED) is 0.634. The zero-order valence-corrected chi connectivity index (χ0v) is 11.2. The van der Waals surface area contributed by atoms with Crippen LogP contribution in [0.15, 0.2) is 21.6 Å². The second kappa shape index (κ2) is 4.51. The normalized spacial score (nSPS) is 15.9. The van der Waals surface area contributed by atoms with E-state index in [1.807, 2.05) is 12.1 Å². The van der Waals surface area contributed by atoms with Crippen molar-refractivity contribution < 1.29 is 14.3 Å². The first-order valence-corrected chi connectivity index (χ1v) is 5.97. The molecule has 0 aromatic heterocycles. The highest BCUT2D eigenvalue weighted by atomic mass is 79.9. The van der Waals surface area contributed by atoms with E-state index in [4.69, 9.17) is 9.47 Å². The number of hydrogen-bond donors (Lipinski definition) is 0. The van der Waals surface area contributed by atoms with Gasteiger partial charge in [0.1, 0.15) is 17.0 Å². The first-order valence-electron chi connectivity index (χ1n) is 5.18. The molecule has 90 valence electrons. The SMILES string of the molecule is COc1cc(Br)c(OC)c(C2(N=C=O)CC2)c1. The van der Waals surface area contributed by atoms with Crippen molar-refractivity contribution in [2.75, 3.05) is 14.2 Å². The molecule has 4 nitrogen and oxygen atoms in total. The Labute approximate surface area is 108 Å². The number of ether oxygens (including phenoxy) is 2. The summed E-state index contributed by atoms with van der Waals surface area (Å²) in [6.45, 7) is 0. The molecule has 0 bridgehead atoms. The molecule has 17 heavy (non-hydrogen) atoms. The van der Waals surface area contributed by atoms with Gasteiger partial charge in [0, 0.05) is 5.56 Å². The number of rotatable bonds is 4. The molecule has 5 heteroatoms. The summed E-state index contributed by atoms with van der Waals surface area (Å²) in [5, 5.41) is 0. The molecular formula is C12H12BrNO3. The van der Waals surface area contributed by atoms with Crippen LogP contribution < -0.4 is 9.47 Å². The summed E-state index contributed by atoms with van der Waals surface area (Å²) in [6.07, 6.45) is 3.30. The van der Waals surface area contributed by atoms with Gasteiger partial charge in [0.2, 0.25) is 6.08 Å². The molecule has 0 amide bonds. The lowest BCUT2D eigenvalue weighted by molar-refractivity contribution is 0.391. The van der Waals surface area contributed by atoms with Gasteiger partial charge in [-0.05, 0) is 40.9 Å². The number of isocyanates is 1. The number of methoxy groups -OCH3 is 2. The van der Waals surface area contributed by atoms with Gasteiger partial charge in [0.05, 0.1) is 18.7 Å². The Kier molecular flexibility index (Phi) is 3.22. The third-order valence-corrected chi connectivity index (χ3v) is 3.53. The van der Waals surface area contributed by atoms with E-state index in [1.165, 1.54) is 0 Å². The zero-order chi connectivity index (χ0) is 12.5. The predicted molar refractivity (Wildman–Crippen MR) is 66.3 cm³/mol. The summed E-state index contributed by atoms with van der Waals surface area (Å²) in [5.41, 5.74) is 0.402. The Morgan fingerprint density at radius 1 is 1.35 bits per heavy atom. The van der Waals surface area contributed by atoms with Crippen LogP contribution in [0.2, 0.25) is 0 Å². The van der Waals surface area contributed by atoms with Gasteiger partial charge in [-0.15, -0.1) is 0 Å². The van der Waals surface area contributed by atoms with Crippen LogP contribution in [-0.2, 0) is 10.3 Å². The maximum absolute atomic E-state index is 10.5. The Balaban J connectivity index is 2.58. The van der Waals surface area contributed by atoms with Crippen LogP contribution in [0.3, 0.4) is 0 Å². The molecular weight excluding hydrogens is 286 g/mol. The molecule has 1 aliphatic carbocycles. The predicted octanol–water partition coefficient (Wildman–Crippen LogP) is 2.79. The van der Waals surface area contributed by atoms with Crippen molar-refractivity contribution in [1.82, 2.24) is 0 Å². The number of aliphatic imine (C=N–C) groups is 1. The Morgan fingerprint density at radius 3 is 2.53 bits per heavy atom. The van der Waals surface area contributed by atoms with Gasteiger partial charge in [-0.2, -0.15) is 4.99 Å². The van der Waals surface area contributed by atoms with Gasteiger partial charge in [0.15, 0.2) is 0 Å². The van der Waals surface area contributed by atoms with E-state index in [0.29, 0.717) is 11.5 Å². The van der Waals surface area contributed by atoms with Crippen molar-refractivity contribution in [3.63, 3.8) is 0 Å². The number of benzene rings is 1.